The second-order valence-electron chi connectivity index (χ2n) is 8.34. The molecule has 3 heterocycles. The molecule has 1 saturated carbocycles. The second-order valence-corrected chi connectivity index (χ2v) is 8.34. The molecule has 1 aromatic heterocycles. The van der Waals surface area contributed by atoms with Gasteiger partial charge in [0, 0.05) is 30.4 Å². The Labute approximate surface area is 179 Å². The number of aliphatic hydroxyl groups excluding tert-OH is 1. The van der Waals surface area contributed by atoms with E-state index in [1.807, 2.05) is 4.90 Å². The van der Waals surface area contributed by atoms with Gasteiger partial charge in [-0.1, -0.05) is 17.3 Å². The van der Waals surface area contributed by atoms with Crippen molar-refractivity contribution in [3.8, 4) is 0 Å². The summed E-state index contributed by atoms with van der Waals surface area (Å²) in [6.07, 6.45) is -8.22. The van der Waals surface area contributed by atoms with Gasteiger partial charge in [0.25, 0.3) is 0 Å². The first-order chi connectivity index (χ1) is 15.0. The summed E-state index contributed by atoms with van der Waals surface area (Å²) in [5.41, 5.74) is -3.36. The molecule has 174 valence electrons. The molecule has 3 fully saturated rings. The molecule has 0 spiro atoms. The molecule has 0 amide bonds. The summed E-state index contributed by atoms with van der Waals surface area (Å²) in [7, 11) is 0. The van der Waals surface area contributed by atoms with Crippen molar-refractivity contribution in [2.24, 2.45) is 11.1 Å². The topological polar surface area (TPSA) is 69.0 Å². The number of para-hydroxylation sites is 1. The number of hydrogen-bond donors (Lipinski definition) is 2. The van der Waals surface area contributed by atoms with Crippen molar-refractivity contribution in [1.29, 1.82) is 0 Å². The highest BCUT2D eigenvalue weighted by atomic mass is 19.4. The van der Waals surface area contributed by atoms with Crippen LogP contribution < -0.4 is 0 Å². The lowest BCUT2D eigenvalue weighted by Crippen LogP contribution is -2.39. The van der Waals surface area contributed by atoms with Crippen LogP contribution in [0.25, 0.3) is 10.9 Å². The molecule has 0 radical (unpaired) electrons. The Kier molecular flexibility index (Phi) is 5.83. The third-order valence-corrected chi connectivity index (χ3v) is 6.41. The van der Waals surface area contributed by atoms with Crippen molar-refractivity contribution in [1.82, 2.24) is 9.88 Å². The summed E-state index contributed by atoms with van der Waals surface area (Å²) in [4.78, 5) is 5.09. The van der Waals surface area contributed by atoms with Gasteiger partial charge in [-0.05, 0) is 43.4 Å². The normalized spacial score (nSPS) is 24.8. The van der Waals surface area contributed by atoms with E-state index >= 15 is 0 Å². The fourth-order valence-corrected chi connectivity index (χ4v) is 4.81. The van der Waals surface area contributed by atoms with E-state index in [4.69, 9.17) is 0 Å². The monoisotopic (exact) mass is 461 g/mol. The van der Waals surface area contributed by atoms with Gasteiger partial charge in [-0.25, -0.2) is 4.98 Å². The lowest BCUT2D eigenvalue weighted by molar-refractivity contribution is -0.142. The SMILES string of the molecule is O/N=C1\CN(CC(O)c2cc(C(F)(F)F)nc3c(C(F)(F)F)cccc23)C2CCC1CC2. The van der Waals surface area contributed by atoms with E-state index in [1.165, 1.54) is 6.07 Å². The molecule has 2 saturated heterocycles. The molecule has 1 atom stereocenters. The van der Waals surface area contributed by atoms with Crippen molar-refractivity contribution < 1.29 is 36.7 Å². The predicted molar refractivity (Wildman–Crippen MR) is 103 cm³/mol. The molecule has 2 aliphatic heterocycles. The molecule has 1 aromatic carbocycles. The average molecular weight is 461 g/mol. The van der Waals surface area contributed by atoms with Gasteiger partial charge in [0.15, 0.2) is 0 Å². The Morgan fingerprint density at radius 2 is 1.75 bits per heavy atom. The zero-order chi connectivity index (χ0) is 23.3. The Morgan fingerprint density at radius 1 is 1.06 bits per heavy atom. The Hall–Kier alpha value is -2.40. The van der Waals surface area contributed by atoms with E-state index < -0.39 is 35.2 Å². The number of alkyl halides is 6. The summed E-state index contributed by atoms with van der Waals surface area (Å²) in [6.45, 7) is 0.134. The molecule has 2 aromatic rings. The maximum Gasteiger partial charge on any atom is 0.433 e. The van der Waals surface area contributed by atoms with Crippen LogP contribution in [0, 0.1) is 5.92 Å². The smallest absolute Gasteiger partial charge is 0.411 e. The van der Waals surface area contributed by atoms with Crippen LogP contribution in [0.15, 0.2) is 29.4 Å². The number of oxime groups is 1. The number of rotatable bonds is 3. The van der Waals surface area contributed by atoms with Gasteiger partial charge < -0.3 is 10.3 Å². The van der Waals surface area contributed by atoms with Gasteiger partial charge in [-0.15, -0.1) is 0 Å². The molecule has 11 heteroatoms. The highest BCUT2D eigenvalue weighted by molar-refractivity contribution is 5.89. The first kappa shape index (κ1) is 22.8. The van der Waals surface area contributed by atoms with Crippen LogP contribution in [0.2, 0.25) is 0 Å². The summed E-state index contributed by atoms with van der Waals surface area (Å²) >= 11 is 0. The zero-order valence-electron chi connectivity index (χ0n) is 16.8. The van der Waals surface area contributed by atoms with E-state index in [2.05, 4.69) is 10.1 Å². The lowest BCUT2D eigenvalue weighted by atomic mass is 9.85. The van der Waals surface area contributed by atoms with Crippen molar-refractivity contribution in [3.63, 3.8) is 0 Å². The molecule has 32 heavy (non-hydrogen) atoms. The maximum atomic E-state index is 13.5. The Bertz CT molecular complexity index is 1030. The van der Waals surface area contributed by atoms with Gasteiger partial charge >= 0.3 is 12.4 Å². The van der Waals surface area contributed by atoms with Crippen molar-refractivity contribution in [2.45, 2.75) is 50.2 Å². The number of hydrogen-bond acceptors (Lipinski definition) is 5. The minimum Gasteiger partial charge on any atom is -0.411 e. The molecule has 3 aliphatic rings. The van der Waals surface area contributed by atoms with Gasteiger partial charge in [0.2, 0.25) is 0 Å². The van der Waals surface area contributed by atoms with Crippen molar-refractivity contribution in [3.05, 3.63) is 41.1 Å². The molecule has 2 N–H and O–H groups in total. The van der Waals surface area contributed by atoms with Crippen molar-refractivity contribution in [2.75, 3.05) is 13.1 Å². The Morgan fingerprint density at radius 3 is 2.34 bits per heavy atom. The van der Waals surface area contributed by atoms with Crippen LogP contribution >= 0.6 is 0 Å². The molecule has 2 bridgehead atoms. The van der Waals surface area contributed by atoms with Crippen LogP contribution in [0.1, 0.15) is 48.6 Å². The summed E-state index contributed by atoms with van der Waals surface area (Å²) in [6, 6.07) is 3.64. The van der Waals surface area contributed by atoms with Gasteiger partial charge in [-0.3, -0.25) is 4.90 Å². The van der Waals surface area contributed by atoms with Crippen LogP contribution in [-0.4, -0.2) is 45.0 Å². The molecular weight excluding hydrogens is 440 g/mol. The number of aromatic nitrogens is 1. The van der Waals surface area contributed by atoms with Crippen molar-refractivity contribution >= 4 is 16.6 Å². The van der Waals surface area contributed by atoms with Crippen LogP contribution in [0.3, 0.4) is 0 Å². The molecule has 5 rings (SSSR count). The number of nitrogens with zero attached hydrogens (tertiary/aromatic N) is 3. The number of fused-ring (bicyclic) bond motifs is 5. The van der Waals surface area contributed by atoms with E-state index in [-0.39, 0.29) is 36.0 Å². The minimum atomic E-state index is -4.99. The van der Waals surface area contributed by atoms with E-state index in [9.17, 15) is 36.7 Å². The van der Waals surface area contributed by atoms with E-state index in [1.54, 1.807) is 0 Å². The minimum absolute atomic E-state index is 0.0427. The van der Waals surface area contributed by atoms with Crippen LogP contribution in [-0.2, 0) is 12.4 Å². The quantitative estimate of drug-likeness (QED) is 0.383. The highest BCUT2D eigenvalue weighted by Gasteiger charge is 2.39. The van der Waals surface area contributed by atoms with Crippen LogP contribution in [0.5, 0.6) is 0 Å². The van der Waals surface area contributed by atoms with Gasteiger partial charge in [0.1, 0.15) is 5.69 Å². The summed E-state index contributed by atoms with van der Waals surface area (Å²) in [5, 5.41) is 23.4. The standard InChI is InChI=1S/C21H21F6N3O2/c22-20(23,24)15-3-1-2-13-14(8-18(21(25,26)27)28-19(13)15)17(31)10-30-9-16(29-32)11-4-6-12(30)7-5-11/h1-3,8,11-12,17,31-32H,4-7,9-10H2/b29-16+. The van der Waals surface area contributed by atoms with Gasteiger partial charge in [0.05, 0.1) is 22.9 Å². The largest absolute Gasteiger partial charge is 0.433 e. The molecule has 1 unspecified atom stereocenters. The second kappa shape index (κ2) is 8.18. The molecule has 1 aliphatic carbocycles. The first-order valence-corrected chi connectivity index (χ1v) is 10.2. The number of pyridine rings is 1. The predicted octanol–water partition coefficient (Wildman–Crippen LogP) is 5.01. The van der Waals surface area contributed by atoms with E-state index in [0.717, 1.165) is 31.7 Å². The first-order valence-electron chi connectivity index (χ1n) is 10.2. The zero-order valence-corrected chi connectivity index (χ0v) is 16.8. The average Bonchev–Trinajstić information content (AvgIpc) is 3.00. The van der Waals surface area contributed by atoms with Crippen LogP contribution in [0.4, 0.5) is 26.3 Å². The van der Waals surface area contributed by atoms with Gasteiger partial charge in [-0.2, -0.15) is 26.3 Å². The van der Waals surface area contributed by atoms with E-state index in [0.29, 0.717) is 17.8 Å². The molecule has 5 nitrogen and oxygen atoms in total. The summed E-state index contributed by atoms with van der Waals surface area (Å²) < 4.78 is 80.7. The molecular formula is C21H21F6N3O2. The number of halogens is 6. The third kappa shape index (κ3) is 4.27. The number of benzene rings is 1. The third-order valence-electron chi connectivity index (χ3n) is 6.41. The number of aliphatic hydroxyl groups is 1. The maximum absolute atomic E-state index is 13.5. The Balaban J connectivity index is 1.77. The fraction of sp³-hybridized carbons (Fsp3) is 0.524. The summed E-state index contributed by atoms with van der Waals surface area (Å²) in [5.74, 6) is 0.117. The highest BCUT2D eigenvalue weighted by Crippen LogP contribution is 2.40. The fourth-order valence-electron chi connectivity index (χ4n) is 4.81. The lowest BCUT2D eigenvalue weighted by Gasteiger charge is -2.32.